The fraction of sp³-hybridized carbons (Fsp3) is 0.759. The van der Waals surface area contributed by atoms with E-state index in [1.165, 1.54) is 0 Å². The largest absolute Gasteiger partial charge is 0.395 e. The summed E-state index contributed by atoms with van der Waals surface area (Å²) in [5.41, 5.74) is -27.1. The highest BCUT2D eigenvalue weighted by molar-refractivity contribution is 8.00. The maximum absolute atomic E-state index is 13.6. The predicted molar refractivity (Wildman–Crippen MR) is 166 cm³/mol. The Bertz CT molecular complexity index is 1420. The molecule has 0 amide bonds. The van der Waals surface area contributed by atoms with E-state index >= 15 is 0 Å². The third-order valence-electron chi connectivity index (χ3n) is 9.44. The van der Waals surface area contributed by atoms with Gasteiger partial charge in [0.25, 0.3) is 0 Å². The Kier molecular flexibility index (Phi) is 12.5. The Morgan fingerprint density at radius 1 is 0.633 bits per heavy atom. The van der Waals surface area contributed by atoms with Crippen LogP contribution in [0.3, 0.4) is 0 Å². The van der Waals surface area contributed by atoms with Gasteiger partial charge in [-0.1, -0.05) is 0 Å². The third-order valence-corrected chi connectivity index (χ3v) is 11.4. The topological polar surface area (TPSA) is 320 Å². The number of Topliss-reactive ketones (excluding diaryl/α,β-unsaturated/α-hetero) is 7. The number of carbonyl (C=O) groups is 7. The second-order valence-corrected chi connectivity index (χ2v) is 14.3. The van der Waals surface area contributed by atoms with Gasteiger partial charge in [0.15, 0.2) is 74.1 Å². The van der Waals surface area contributed by atoms with E-state index in [9.17, 15) is 79.5 Å². The maximum atomic E-state index is 13.6. The molecule has 0 aromatic heterocycles. The lowest BCUT2D eigenvalue weighted by Crippen LogP contribution is -2.95. The van der Waals surface area contributed by atoms with Crippen LogP contribution >= 0.6 is 24.4 Å². The Labute approximate surface area is 289 Å². The number of rotatable bonds is 14. The van der Waals surface area contributed by atoms with Crippen LogP contribution in [0.2, 0.25) is 0 Å². The smallest absolute Gasteiger partial charge is 0.199 e. The molecule has 0 saturated carbocycles. The molecule has 13 atom stereocenters. The van der Waals surface area contributed by atoms with Crippen molar-refractivity contribution in [3.63, 3.8) is 0 Å². The SMILES string of the molecule is CC(=O)C(O)[C@H]1O[C@@H](SCC(S)CO)[C@@](O)(C(C)=O)[C@](O)(C(C)=O)[C@@]1(O)[C@@H]1O[C@H](C(O)C(C)=O)[C@](O)(C(C)=O)[C@@](O)(C(C)=O)[C@]1(O)C(C)=O. The van der Waals surface area contributed by atoms with Gasteiger partial charge in [0, 0.05) is 11.0 Å². The summed E-state index contributed by atoms with van der Waals surface area (Å²) in [5.74, 6) is -11.9. The highest BCUT2D eigenvalue weighted by Crippen LogP contribution is 2.58. The molecular formula is C29H42O18S2. The summed E-state index contributed by atoms with van der Waals surface area (Å²) in [4.78, 5) is 92.0. The first-order valence-electron chi connectivity index (χ1n) is 14.6. The van der Waals surface area contributed by atoms with Crippen molar-refractivity contribution in [3.8, 4) is 0 Å². The number of hydrogen-bond donors (Lipinski definition) is 10. The molecule has 49 heavy (non-hydrogen) atoms. The zero-order chi connectivity index (χ0) is 38.6. The van der Waals surface area contributed by atoms with Crippen LogP contribution in [0.15, 0.2) is 0 Å². The summed E-state index contributed by atoms with van der Waals surface area (Å²) in [6.07, 6.45) is -14.9. The van der Waals surface area contributed by atoms with Crippen LogP contribution in [0.25, 0.3) is 0 Å². The van der Waals surface area contributed by atoms with Crippen LogP contribution in [0.5, 0.6) is 0 Å². The van der Waals surface area contributed by atoms with Gasteiger partial charge in [-0.25, -0.2) is 0 Å². The second kappa shape index (κ2) is 14.2. The van der Waals surface area contributed by atoms with E-state index in [2.05, 4.69) is 12.6 Å². The van der Waals surface area contributed by atoms with Crippen molar-refractivity contribution in [1.29, 1.82) is 0 Å². The normalized spacial score (nSPS) is 41.2. The number of ketones is 7. The standard InChI is InChI=1S/C29H42O18S2/c1-10(31)18(38)20-24(40,12(3)33)28(44,15(6)36)25(41,13(4)34)22(46-20)27(43)21(19(39)11(2)32)47-23(49-9-17(48)8-30)26(42,14(5)35)29(27,45)16(7)37/h17-23,30,38-45,48H,8-9H2,1-7H3/t17?,18?,19?,20-,21-,22-,23+,24-,25+,26+,27+,28+,29-/m1/s1. The summed E-state index contributed by atoms with van der Waals surface area (Å²) in [5, 5.41) is 104. The molecule has 0 aromatic carbocycles. The highest BCUT2D eigenvalue weighted by Gasteiger charge is 2.88. The van der Waals surface area contributed by atoms with Gasteiger partial charge < -0.3 is 55.4 Å². The van der Waals surface area contributed by atoms with E-state index in [4.69, 9.17) is 9.47 Å². The average molecular weight is 743 g/mol. The van der Waals surface area contributed by atoms with Crippen LogP contribution in [-0.2, 0) is 43.0 Å². The predicted octanol–water partition coefficient (Wildman–Crippen LogP) is -5.27. The van der Waals surface area contributed by atoms with Gasteiger partial charge in [0.2, 0.25) is 0 Å². The van der Waals surface area contributed by atoms with Crippen LogP contribution in [0.4, 0.5) is 0 Å². The van der Waals surface area contributed by atoms with E-state index in [0.717, 1.165) is 0 Å². The van der Waals surface area contributed by atoms with Gasteiger partial charge in [-0.2, -0.15) is 12.6 Å². The van der Waals surface area contributed by atoms with Gasteiger partial charge in [0.05, 0.1) is 6.61 Å². The quantitative estimate of drug-likeness (QED) is 0.0743. The van der Waals surface area contributed by atoms with Gasteiger partial charge >= 0.3 is 0 Å². The number of aliphatic hydroxyl groups is 9. The van der Waals surface area contributed by atoms with Gasteiger partial charge in [-0.05, 0) is 48.5 Å². The number of carbonyl (C=O) groups excluding carboxylic acids is 7. The molecule has 2 fully saturated rings. The molecule has 0 radical (unpaired) electrons. The van der Waals surface area contributed by atoms with E-state index in [1.54, 1.807) is 0 Å². The van der Waals surface area contributed by atoms with Crippen molar-refractivity contribution >= 4 is 64.9 Å². The van der Waals surface area contributed by atoms with Crippen LogP contribution in [-0.4, -0.2) is 174 Å². The number of ether oxygens (including phenoxy) is 2. The maximum Gasteiger partial charge on any atom is 0.199 e. The zero-order valence-corrected chi connectivity index (χ0v) is 29.2. The van der Waals surface area contributed by atoms with Crippen molar-refractivity contribution in [2.75, 3.05) is 12.4 Å². The van der Waals surface area contributed by atoms with Gasteiger partial charge in [-0.3, -0.25) is 33.6 Å². The Balaban J connectivity index is 3.36. The molecule has 0 aliphatic carbocycles. The Morgan fingerprint density at radius 2 is 1.04 bits per heavy atom. The summed E-state index contributed by atoms with van der Waals surface area (Å²) < 4.78 is 11.2. The van der Waals surface area contributed by atoms with Crippen molar-refractivity contribution in [3.05, 3.63) is 0 Å². The molecule has 9 N–H and O–H groups in total. The molecule has 2 saturated heterocycles. The highest BCUT2D eigenvalue weighted by atomic mass is 32.2. The summed E-state index contributed by atoms with van der Waals surface area (Å²) in [6.45, 7) is 3.08. The lowest BCUT2D eigenvalue weighted by Gasteiger charge is -2.67. The fourth-order valence-electron chi connectivity index (χ4n) is 6.67. The molecule has 2 aliphatic rings. The first-order chi connectivity index (χ1) is 22.1. The molecule has 0 bridgehead atoms. The Hall–Kier alpha value is -2.05. The second-order valence-electron chi connectivity index (χ2n) is 12.4. The molecule has 3 unspecified atom stereocenters. The van der Waals surface area contributed by atoms with Gasteiger partial charge in [0.1, 0.15) is 36.0 Å². The van der Waals surface area contributed by atoms with Crippen LogP contribution in [0, 0.1) is 0 Å². The molecular weight excluding hydrogens is 700 g/mol. The lowest BCUT2D eigenvalue weighted by atomic mass is 9.51. The molecule has 2 aliphatic heterocycles. The molecule has 278 valence electrons. The van der Waals surface area contributed by atoms with E-state index < -0.39 is 122 Å². The fourth-order valence-corrected chi connectivity index (χ4v) is 8.20. The lowest BCUT2D eigenvalue weighted by molar-refractivity contribution is -0.401. The first kappa shape index (κ1) is 43.1. The molecule has 2 heterocycles. The number of hydrogen-bond acceptors (Lipinski definition) is 20. The number of aliphatic hydroxyl groups excluding tert-OH is 3. The minimum Gasteiger partial charge on any atom is -0.395 e. The minimum atomic E-state index is -4.30. The van der Waals surface area contributed by atoms with E-state index in [-0.39, 0.29) is 5.75 Å². The Morgan fingerprint density at radius 3 is 1.39 bits per heavy atom. The van der Waals surface area contributed by atoms with E-state index in [1.807, 2.05) is 0 Å². The van der Waals surface area contributed by atoms with Gasteiger partial charge in [-0.15, -0.1) is 11.8 Å². The van der Waals surface area contributed by atoms with Crippen molar-refractivity contribution in [2.45, 2.75) is 123 Å². The van der Waals surface area contributed by atoms with Crippen molar-refractivity contribution in [1.82, 2.24) is 0 Å². The van der Waals surface area contributed by atoms with Crippen LogP contribution in [0.1, 0.15) is 48.5 Å². The number of thiol groups is 1. The summed E-state index contributed by atoms with van der Waals surface area (Å²) in [6, 6.07) is 0. The van der Waals surface area contributed by atoms with Crippen molar-refractivity contribution in [2.24, 2.45) is 0 Å². The van der Waals surface area contributed by atoms with Crippen molar-refractivity contribution < 1.29 is 89.0 Å². The number of thioether (sulfide) groups is 1. The first-order valence-corrected chi connectivity index (χ1v) is 16.1. The molecule has 2 rings (SSSR count). The third kappa shape index (κ3) is 5.69. The molecule has 18 nitrogen and oxygen atoms in total. The zero-order valence-electron chi connectivity index (χ0n) is 27.5. The minimum absolute atomic E-state index is 0.352. The summed E-state index contributed by atoms with van der Waals surface area (Å²) >= 11 is 4.44. The molecule has 0 spiro atoms. The average Bonchev–Trinajstić information content (AvgIpc) is 3.00. The molecule has 20 heteroatoms. The summed E-state index contributed by atoms with van der Waals surface area (Å²) in [7, 11) is 0. The van der Waals surface area contributed by atoms with E-state index in [0.29, 0.717) is 60.2 Å². The van der Waals surface area contributed by atoms with Crippen LogP contribution < -0.4 is 0 Å². The monoisotopic (exact) mass is 742 g/mol. The molecule has 0 aromatic rings.